The van der Waals surface area contributed by atoms with Gasteiger partial charge < -0.3 is 14.6 Å². The summed E-state index contributed by atoms with van der Waals surface area (Å²) in [6.07, 6.45) is 5.21. The van der Waals surface area contributed by atoms with E-state index in [-0.39, 0.29) is 23.9 Å². The van der Waals surface area contributed by atoms with Crippen molar-refractivity contribution in [2.75, 3.05) is 6.61 Å². The van der Waals surface area contributed by atoms with Gasteiger partial charge in [-0.1, -0.05) is 18.2 Å². The fourth-order valence-electron chi connectivity index (χ4n) is 3.42. The second-order valence-electron chi connectivity index (χ2n) is 6.75. The van der Waals surface area contributed by atoms with Crippen LogP contribution in [0.25, 0.3) is 5.69 Å². The molecule has 5 heteroatoms. The predicted molar refractivity (Wildman–Crippen MR) is 101 cm³/mol. The van der Waals surface area contributed by atoms with Gasteiger partial charge in [-0.05, 0) is 60.9 Å². The number of rotatable bonds is 4. The number of nitrogens with one attached hydrogen (secondary N) is 1. The largest absolute Gasteiger partial charge is 0.373 e. The summed E-state index contributed by atoms with van der Waals surface area (Å²) in [6, 6.07) is 17.8. The van der Waals surface area contributed by atoms with Crippen molar-refractivity contribution >= 4 is 5.91 Å². The average Bonchev–Trinajstić information content (AvgIpc) is 3.24. The zero-order valence-electron chi connectivity index (χ0n) is 14.8. The highest BCUT2D eigenvalue weighted by Crippen LogP contribution is 2.28. The summed E-state index contributed by atoms with van der Waals surface area (Å²) >= 11 is 0. The molecule has 0 radical (unpaired) electrons. The molecule has 1 aliphatic heterocycles. The van der Waals surface area contributed by atoms with Crippen LogP contribution in [0.2, 0.25) is 0 Å². The molecule has 3 aromatic rings. The molecular formula is C22H21FN2O2. The van der Waals surface area contributed by atoms with Crippen molar-refractivity contribution in [3.63, 3.8) is 0 Å². The van der Waals surface area contributed by atoms with E-state index < -0.39 is 0 Å². The lowest BCUT2D eigenvalue weighted by Crippen LogP contribution is -2.39. The third-order valence-corrected chi connectivity index (χ3v) is 4.87. The molecule has 4 rings (SSSR count). The van der Waals surface area contributed by atoms with Gasteiger partial charge in [-0.15, -0.1) is 0 Å². The van der Waals surface area contributed by atoms with Crippen molar-refractivity contribution in [1.29, 1.82) is 0 Å². The Hall–Kier alpha value is -2.92. The molecule has 1 aromatic heterocycles. The summed E-state index contributed by atoms with van der Waals surface area (Å²) in [5.74, 6) is -0.351. The summed E-state index contributed by atoms with van der Waals surface area (Å²) < 4.78 is 20.9. The molecule has 2 atom stereocenters. The van der Waals surface area contributed by atoms with Gasteiger partial charge in [-0.25, -0.2) is 4.39 Å². The van der Waals surface area contributed by atoms with Crippen LogP contribution in [0.3, 0.4) is 0 Å². The highest BCUT2D eigenvalue weighted by atomic mass is 19.1. The van der Waals surface area contributed by atoms with Crippen LogP contribution in [0, 0.1) is 5.82 Å². The fraction of sp³-hybridized carbons (Fsp3) is 0.227. The van der Waals surface area contributed by atoms with E-state index in [0.29, 0.717) is 18.6 Å². The average molecular weight is 364 g/mol. The first-order valence-corrected chi connectivity index (χ1v) is 9.10. The van der Waals surface area contributed by atoms with E-state index in [1.807, 2.05) is 53.4 Å². The van der Waals surface area contributed by atoms with Crippen LogP contribution in [-0.4, -0.2) is 23.1 Å². The molecule has 0 aliphatic carbocycles. The molecule has 1 amide bonds. The van der Waals surface area contributed by atoms with E-state index in [4.69, 9.17) is 4.74 Å². The summed E-state index contributed by atoms with van der Waals surface area (Å²) in [5, 5.41) is 3.12. The molecule has 2 aromatic carbocycles. The van der Waals surface area contributed by atoms with Crippen molar-refractivity contribution in [2.45, 2.75) is 25.0 Å². The molecule has 2 heterocycles. The number of nitrogens with zero attached hydrogens (tertiary/aromatic N) is 1. The number of carbonyl (C=O) groups excluding carboxylic acids is 1. The van der Waals surface area contributed by atoms with Crippen LogP contribution in [0.1, 0.15) is 34.9 Å². The van der Waals surface area contributed by atoms with E-state index in [2.05, 4.69) is 5.32 Å². The number of benzene rings is 2. The number of hydrogen-bond donors (Lipinski definition) is 1. The van der Waals surface area contributed by atoms with E-state index in [9.17, 15) is 9.18 Å². The molecule has 138 valence electrons. The van der Waals surface area contributed by atoms with Crippen molar-refractivity contribution in [3.05, 3.63) is 90.0 Å². The molecule has 1 aliphatic rings. The minimum absolute atomic E-state index is 0.0246. The SMILES string of the molecule is O=C(N[C@H]1CCO[C@H](c2ccc(F)cc2)C1)c1cccc(-n2cccc2)c1. The minimum atomic E-state index is -0.262. The van der Waals surface area contributed by atoms with Crippen LogP contribution in [-0.2, 0) is 4.74 Å². The number of aromatic nitrogens is 1. The Labute approximate surface area is 157 Å². The Bertz CT molecular complexity index is 906. The predicted octanol–water partition coefficient (Wildman–Crippen LogP) is 4.27. The summed E-state index contributed by atoms with van der Waals surface area (Å²) in [5.41, 5.74) is 2.51. The maximum atomic E-state index is 13.1. The van der Waals surface area contributed by atoms with Gasteiger partial charge in [0.1, 0.15) is 5.82 Å². The number of carbonyl (C=O) groups is 1. The van der Waals surface area contributed by atoms with Crippen molar-refractivity contribution in [3.8, 4) is 5.69 Å². The molecule has 27 heavy (non-hydrogen) atoms. The second-order valence-corrected chi connectivity index (χ2v) is 6.75. The number of ether oxygens (including phenoxy) is 1. The molecule has 4 nitrogen and oxygen atoms in total. The van der Waals surface area contributed by atoms with E-state index in [1.165, 1.54) is 12.1 Å². The minimum Gasteiger partial charge on any atom is -0.373 e. The number of halogens is 1. The third-order valence-electron chi connectivity index (χ3n) is 4.87. The first-order valence-electron chi connectivity index (χ1n) is 9.10. The highest BCUT2D eigenvalue weighted by molar-refractivity contribution is 5.94. The smallest absolute Gasteiger partial charge is 0.251 e. The topological polar surface area (TPSA) is 43.3 Å². The zero-order chi connectivity index (χ0) is 18.6. The van der Waals surface area contributed by atoms with Crippen LogP contribution >= 0.6 is 0 Å². The van der Waals surface area contributed by atoms with Gasteiger partial charge in [0.15, 0.2) is 0 Å². The lowest BCUT2D eigenvalue weighted by atomic mass is 9.97. The lowest BCUT2D eigenvalue weighted by Gasteiger charge is -2.30. The number of amides is 1. The van der Waals surface area contributed by atoms with E-state index in [0.717, 1.165) is 17.7 Å². The first kappa shape index (κ1) is 17.5. The maximum Gasteiger partial charge on any atom is 0.251 e. The van der Waals surface area contributed by atoms with Gasteiger partial charge in [-0.3, -0.25) is 4.79 Å². The summed E-state index contributed by atoms with van der Waals surface area (Å²) in [6.45, 7) is 0.566. The zero-order valence-corrected chi connectivity index (χ0v) is 14.8. The molecule has 0 bridgehead atoms. The Morgan fingerprint density at radius 2 is 1.85 bits per heavy atom. The summed E-state index contributed by atoms with van der Waals surface area (Å²) in [4.78, 5) is 12.7. The van der Waals surface area contributed by atoms with Gasteiger partial charge in [0.05, 0.1) is 6.10 Å². The Morgan fingerprint density at radius 3 is 2.63 bits per heavy atom. The number of hydrogen-bond acceptors (Lipinski definition) is 2. The quantitative estimate of drug-likeness (QED) is 0.751. The fourth-order valence-corrected chi connectivity index (χ4v) is 3.42. The molecule has 1 N–H and O–H groups in total. The molecule has 0 spiro atoms. The normalized spacial score (nSPS) is 19.6. The Morgan fingerprint density at radius 1 is 1.07 bits per heavy atom. The third kappa shape index (κ3) is 4.09. The molecular weight excluding hydrogens is 343 g/mol. The van der Waals surface area contributed by atoms with Gasteiger partial charge in [0.2, 0.25) is 0 Å². The Balaban J connectivity index is 1.43. The van der Waals surface area contributed by atoms with E-state index in [1.54, 1.807) is 12.1 Å². The molecule has 1 fully saturated rings. The van der Waals surface area contributed by atoms with Crippen molar-refractivity contribution in [1.82, 2.24) is 9.88 Å². The van der Waals surface area contributed by atoms with Gasteiger partial charge in [-0.2, -0.15) is 0 Å². The van der Waals surface area contributed by atoms with Gasteiger partial charge in [0, 0.05) is 36.3 Å². The highest BCUT2D eigenvalue weighted by Gasteiger charge is 2.25. The van der Waals surface area contributed by atoms with Crippen LogP contribution in [0.5, 0.6) is 0 Å². The van der Waals surface area contributed by atoms with E-state index >= 15 is 0 Å². The van der Waals surface area contributed by atoms with Gasteiger partial charge in [0.25, 0.3) is 5.91 Å². The summed E-state index contributed by atoms with van der Waals surface area (Å²) in [7, 11) is 0. The first-order chi connectivity index (χ1) is 13.2. The molecule has 1 saturated heterocycles. The van der Waals surface area contributed by atoms with Crippen molar-refractivity contribution < 1.29 is 13.9 Å². The standard InChI is InChI=1S/C22H21FN2O2/c23-18-8-6-16(7-9-18)21-15-19(10-13-27-21)24-22(26)17-4-3-5-20(14-17)25-11-1-2-12-25/h1-9,11-12,14,19,21H,10,13,15H2,(H,24,26)/t19-,21-/m0/s1. The van der Waals surface area contributed by atoms with Gasteiger partial charge >= 0.3 is 0 Å². The molecule has 0 unspecified atom stereocenters. The van der Waals surface area contributed by atoms with Crippen LogP contribution in [0.4, 0.5) is 4.39 Å². The lowest BCUT2D eigenvalue weighted by molar-refractivity contribution is 0.000875. The van der Waals surface area contributed by atoms with Crippen LogP contribution < -0.4 is 5.32 Å². The maximum absolute atomic E-state index is 13.1. The second kappa shape index (κ2) is 7.76. The molecule has 0 saturated carbocycles. The van der Waals surface area contributed by atoms with Crippen LogP contribution in [0.15, 0.2) is 73.1 Å². The van der Waals surface area contributed by atoms with Crippen molar-refractivity contribution in [2.24, 2.45) is 0 Å². The monoisotopic (exact) mass is 364 g/mol. The Kier molecular flexibility index (Phi) is 5.03.